The summed E-state index contributed by atoms with van der Waals surface area (Å²) >= 11 is 0. The van der Waals surface area contributed by atoms with E-state index in [1.54, 1.807) is 10.9 Å². The van der Waals surface area contributed by atoms with E-state index in [1.165, 1.54) is 18.5 Å². The van der Waals surface area contributed by atoms with E-state index >= 15 is 0 Å². The minimum atomic E-state index is -0.222. The molecule has 2 aromatic rings. The highest BCUT2D eigenvalue weighted by Gasteiger charge is 2.37. The predicted octanol–water partition coefficient (Wildman–Crippen LogP) is 2.98. The molecule has 0 bridgehead atoms. The number of nitrogens with one attached hydrogen (secondary N) is 1. The highest BCUT2D eigenvalue weighted by Crippen LogP contribution is 2.35. The third kappa shape index (κ3) is 3.72. The maximum absolute atomic E-state index is 13.0. The molecular weight excluding hydrogens is 340 g/mol. The maximum Gasteiger partial charge on any atom is 0.226 e. The van der Waals surface area contributed by atoms with Crippen LogP contribution in [0.3, 0.4) is 0 Å². The van der Waals surface area contributed by atoms with Crippen LogP contribution in [-0.2, 0) is 16.6 Å². The van der Waals surface area contributed by atoms with Gasteiger partial charge in [0.1, 0.15) is 6.10 Å². The molecule has 6 nitrogen and oxygen atoms in total. The van der Waals surface area contributed by atoms with Crippen LogP contribution in [-0.4, -0.2) is 35.4 Å². The van der Waals surface area contributed by atoms with Gasteiger partial charge < -0.3 is 15.0 Å². The molecule has 0 saturated carbocycles. The van der Waals surface area contributed by atoms with E-state index in [1.807, 2.05) is 13.1 Å². The first-order valence-electron chi connectivity index (χ1n) is 9.88. The van der Waals surface area contributed by atoms with Gasteiger partial charge in [-0.2, -0.15) is 5.10 Å². The molecule has 0 radical (unpaired) electrons. The zero-order chi connectivity index (χ0) is 18.8. The van der Waals surface area contributed by atoms with Gasteiger partial charge >= 0.3 is 0 Å². The summed E-state index contributed by atoms with van der Waals surface area (Å²) in [7, 11) is 1.89. The molecule has 1 N–H and O–H groups in total. The molecule has 2 aliphatic heterocycles. The van der Waals surface area contributed by atoms with Gasteiger partial charge in [-0.25, -0.2) is 0 Å². The lowest BCUT2D eigenvalue weighted by Gasteiger charge is -2.23. The normalized spacial score (nSPS) is 23.6. The van der Waals surface area contributed by atoms with Crippen LogP contribution in [0.2, 0.25) is 0 Å². The molecule has 0 unspecified atom stereocenters. The van der Waals surface area contributed by atoms with E-state index in [0.717, 1.165) is 30.8 Å². The topological polar surface area (TPSA) is 59.4 Å². The highest BCUT2D eigenvalue weighted by molar-refractivity contribution is 5.80. The minimum absolute atomic E-state index is 0.0344. The summed E-state index contributed by atoms with van der Waals surface area (Å²) in [6, 6.07) is 10.4. The molecular formula is C21H28N4O2. The van der Waals surface area contributed by atoms with Crippen molar-refractivity contribution >= 4 is 11.6 Å². The molecule has 3 heterocycles. The lowest BCUT2D eigenvalue weighted by Crippen LogP contribution is -2.34. The summed E-state index contributed by atoms with van der Waals surface area (Å²) in [5, 5.41) is 7.41. The van der Waals surface area contributed by atoms with Crippen molar-refractivity contribution in [2.24, 2.45) is 13.0 Å². The monoisotopic (exact) mass is 368 g/mol. The van der Waals surface area contributed by atoms with Gasteiger partial charge in [-0.1, -0.05) is 12.1 Å². The van der Waals surface area contributed by atoms with Crippen molar-refractivity contribution in [3.8, 4) is 0 Å². The third-order valence-electron chi connectivity index (χ3n) is 5.78. The van der Waals surface area contributed by atoms with Crippen molar-refractivity contribution in [2.45, 2.75) is 38.3 Å². The van der Waals surface area contributed by atoms with Crippen LogP contribution in [0.5, 0.6) is 0 Å². The Balaban J connectivity index is 1.44. The predicted molar refractivity (Wildman–Crippen MR) is 104 cm³/mol. The van der Waals surface area contributed by atoms with Crippen molar-refractivity contribution in [1.29, 1.82) is 0 Å². The number of benzene rings is 1. The maximum atomic E-state index is 13.0. The van der Waals surface area contributed by atoms with Gasteiger partial charge in [0, 0.05) is 38.6 Å². The van der Waals surface area contributed by atoms with Gasteiger partial charge in [0.05, 0.1) is 17.7 Å². The highest BCUT2D eigenvalue weighted by atomic mass is 16.5. The lowest BCUT2D eigenvalue weighted by atomic mass is 9.97. The number of ether oxygens (including phenoxy) is 1. The number of hydrogen-bond acceptors (Lipinski definition) is 4. The second-order valence-electron chi connectivity index (χ2n) is 7.59. The number of aryl methyl sites for hydroxylation is 1. The smallest absolute Gasteiger partial charge is 0.226 e. The number of carbonyl (C=O) groups is 1. The van der Waals surface area contributed by atoms with Crippen LogP contribution in [0.15, 0.2) is 36.5 Å². The number of anilines is 1. The molecule has 2 saturated heterocycles. The van der Waals surface area contributed by atoms with Crippen LogP contribution < -0.4 is 10.2 Å². The Bertz CT molecular complexity index is 797. The molecule has 1 aromatic heterocycles. The van der Waals surface area contributed by atoms with Gasteiger partial charge in [0.2, 0.25) is 5.91 Å². The first kappa shape index (κ1) is 18.0. The molecule has 4 rings (SSSR count). The Kier molecular flexibility index (Phi) is 5.16. The summed E-state index contributed by atoms with van der Waals surface area (Å²) in [4.78, 5) is 15.4. The number of amides is 1. The van der Waals surface area contributed by atoms with Gasteiger partial charge in [0.25, 0.3) is 0 Å². The summed E-state index contributed by atoms with van der Waals surface area (Å²) < 4.78 is 7.65. The SMILES string of the molecule is C[C@@H](NC(=O)[C@@H]1CCO[C@H]1c1ccnn1C)c1cccc(N2CCCC2)c1. The van der Waals surface area contributed by atoms with E-state index in [9.17, 15) is 4.79 Å². The first-order chi connectivity index (χ1) is 13.1. The molecule has 1 amide bonds. The molecule has 2 fully saturated rings. The molecule has 6 heteroatoms. The Hall–Kier alpha value is -2.34. The molecule has 2 aliphatic rings. The minimum Gasteiger partial charge on any atom is -0.372 e. The zero-order valence-electron chi connectivity index (χ0n) is 16.1. The first-order valence-corrected chi connectivity index (χ1v) is 9.88. The van der Waals surface area contributed by atoms with Gasteiger partial charge in [-0.05, 0) is 49.9 Å². The van der Waals surface area contributed by atoms with Crippen molar-refractivity contribution in [2.75, 3.05) is 24.6 Å². The molecule has 0 aliphatic carbocycles. The summed E-state index contributed by atoms with van der Waals surface area (Å²) in [6.07, 6.45) is 4.78. The number of rotatable bonds is 5. The standard InChI is InChI=1S/C21H28N4O2/c1-15(16-6-5-7-17(14-16)25-11-3-4-12-25)23-21(26)18-9-13-27-20(18)19-8-10-22-24(19)2/h5-8,10,14-15,18,20H,3-4,9,11-13H2,1-2H3,(H,23,26)/t15-,18-,20-/m1/s1. The van der Waals surface area contributed by atoms with E-state index < -0.39 is 0 Å². The fraction of sp³-hybridized carbons (Fsp3) is 0.524. The largest absolute Gasteiger partial charge is 0.372 e. The number of carbonyl (C=O) groups excluding carboxylic acids is 1. The Labute approximate surface area is 160 Å². The second-order valence-corrected chi connectivity index (χ2v) is 7.59. The van der Waals surface area contributed by atoms with E-state index in [0.29, 0.717) is 6.61 Å². The van der Waals surface area contributed by atoms with Gasteiger partial charge in [0.15, 0.2) is 0 Å². The Morgan fingerprint density at radius 2 is 2.11 bits per heavy atom. The zero-order valence-corrected chi connectivity index (χ0v) is 16.1. The summed E-state index contributed by atoms with van der Waals surface area (Å²) in [5.74, 6) is -0.123. The molecule has 144 valence electrons. The molecule has 27 heavy (non-hydrogen) atoms. The lowest BCUT2D eigenvalue weighted by molar-refractivity contribution is -0.127. The van der Waals surface area contributed by atoms with Crippen LogP contribution in [0.1, 0.15) is 49.6 Å². The van der Waals surface area contributed by atoms with Crippen molar-refractivity contribution in [3.63, 3.8) is 0 Å². The Morgan fingerprint density at radius 1 is 1.30 bits per heavy atom. The summed E-state index contributed by atoms with van der Waals surface area (Å²) in [5.41, 5.74) is 3.35. The average Bonchev–Trinajstić information content (AvgIpc) is 3.42. The average molecular weight is 368 g/mol. The van der Waals surface area contributed by atoms with Crippen LogP contribution in [0, 0.1) is 5.92 Å². The van der Waals surface area contributed by atoms with E-state index in [4.69, 9.17) is 4.74 Å². The van der Waals surface area contributed by atoms with Gasteiger partial charge in [-0.15, -0.1) is 0 Å². The summed E-state index contributed by atoms with van der Waals surface area (Å²) in [6.45, 7) is 4.90. The van der Waals surface area contributed by atoms with Crippen molar-refractivity contribution < 1.29 is 9.53 Å². The number of hydrogen-bond donors (Lipinski definition) is 1. The number of nitrogens with zero attached hydrogens (tertiary/aromatic N) is 3. The van der Waals surface area contributed by atoms with Crippen molar-refractivity contribution in [3.05, 3.63) is 47.8 Å². The third-order valence-corrected chi connectivity index (χ3v) is 5.78. The second kappa shape index (κ2) is 7.72. The molecule has 3 atom stereocenters. The molecule has 1 aromatic carbocycles. The quantitative estimate of drug-likeness (QED) is 0.881. The fourth-order valence-corrected chi connectivity index (χ4v) is 4.18. The van der Waals surface area contributed by atoms with Crippen LogP contribution >= 0.6 is 0 Å². The van der Waals surface area contributed by atoms with Crippen molar-refractivity contribution in [1.82, 2.24) is 15.1 Å². The van der Waals surface area contributed by atoms with Crippen LogP contribution in [0.25, 0.3) is 0 Å². The van der Waals surface area contributed by atoms with Gasteiger partial charge in [-0.3, -0.25) is 9.48 Å². The molecule has 0 spiro atoms. The van der Waals surface area contributed by atoms with Crippen LogP contribution in [0.4, 0.5) is 5.69 Å². The van der Waals surface area contributed by atoms with E-state index in [2.05, 4.69) is 46.5 Å². The van der Waals surface area contributed by atoms with E-state index in [-0.39, 0.29) is 24.0 Å². The Morgan fingerprint density at radius 3 is 2.85 bits per heavy atom. The fourth-order valence-electron chi connectivity index (χ4n) is 4.18. The number of aromatic nitrogens is 2.